The number of rotatable bonds is 4. The molecule has 2 aromatic rings. The minimum atomic E-state index is -0.139. The molecule has 2 heterocycles. The zero-order valence-electron chi connectivity index (χ0n) is 10.6. The minimum Gasteiger partial charge on any atom is -0.316 e. The number of aromatic nitrogens is 1. The van der Waals surface area contributed by atoms with Gasteiger partial charge in [-0.2, -0.15) is 5.26 Å². The molecule has 4 nitrogen and oxygen atoms in total. The summed E-state index contributed by atoms with van der Waals surface area (Å²) >= 11 is 2.93. The number of nitrogens with zero attached hydrogens (tertiary/aromatic N) is 2. The van der Waals surface area contributed by atoms with Crippen molar-refractivity contribution in [2.24, 2.45) is 0 Å². The van der Waals surface area contributed by atoms with Crippen molar-refractivity contribution in [3.05, 3.63) is 33.1 Å². The number of anilines is 1. The Morgan fingerprint density at radius 1 is 1.53 bits per heavy atom. The zero-order chi connectivity index (χ0) is 13.8. The minimum absolute atomic E-state index is 0.139. The van der Waals surface area contributed by atoms with Gasteiger partial charge in [0.05, 0.1) is 22.7 Å². The summed E-state index contributed by atoms with van der Waals surface area (Å²) in [4.78, 5) is 16.3. The highest BCUT2D eigenvalue weighted by molar-refractivity contribution is 7.14. The molecule has 0 aliphatic heterocycles. The summed E-state index contributed by atoms with van der Waals surface area (Å²) in [6, 6.07) is 3.74. The van der Waals surface area contributed by atoms with Gasteiger partial charge in [0, 0.05) is 11.3 Å². The number of nitriles is 1. The van der Waals surface area contributed by atoms with Gasteiger partial charge in [-0.05, 0) is 11.4 Å². The van der Waals surface area contributed by atoms with Crippen LogP contribution in [0.15, 0.2) is 16.8 Å². The molecular weight excluding hydrogens is 278 g/mol. The van der Waals surface area contributed by atoms with Crippen LogP contribution in [0.25, 0.3) is 0 Å². The topological polar surface area (TPSA) is 65.8 Å². The average Bonchev–Trinajstić information content (AvgIpc) is 2.97. The van der Waals surface area contributed by atoms with Gasteiger partial charge in [0.25, 0.3) is 0 Å². The first-order valence-corrected chi connectivity index (χ1v) is 7.58. The number of hydrogen-bond donors (Lipinski definition) is 1. The fraction of sp³-hybridized carbons (Fsp3) is 0.308. The number of amides is 1. The van der Waals surface area contributed by atoms with E-state index >= 15 is 0 Å². The average molecular weight is 291 g/mol. The first-order chi connectivity index (χ1) is 9.10. The molecule has 0 aromatic carbocycles. The lowest BCUT2D eigenvalue weighted by Gasteiger charge is -2.01. The highest BCUT2D eigenvalue weighted by Crippen LogP contribution is 2.23. The van der Waals surface area contributed by atoms with Crippen molar-refractivity contribution in [2.75, 3.05) is 5.32 Å². The van der Waals surface area contributed by atoms with E-state index in [0.29, 0.717) is 16.5 Å². The van der Waals surface area contributed by atoms with Gasteiger partial charge < -0.3 is 5.32 Å². The molecule has 1 amide bonds. The van der Waals surface area contributed by atoms with Gasteiger partial charge in [-0.1, -0.05) is 13.8 Å². The summed E-state index contributed by atoms with van der Waals surface area (Å²) in [7, 11) is 0. The fourth-order valence-electron chi connectivity index (χ4n) is 1.50. The predicted molar refractivity (Wildman–Crippen MR) is 77.6 cm³/mol. The van der Waals surface area contributed by atoms with Crippen molar-refractivity contribution in [1.82, 2.24) is 4.98 Å². The van der Waals surface area contributed by atoms with Gasteiger partial charge in [0.15, 0.2) is 0 Å². The zero-order valence-corrected chi connectivity index (χ0v) is 12.3. The summed E-state index contributed by atoms with van der Waals surface area (Å²) < 4.78 is 0. The van der Waals surface area contributed by atoms with Crippen LogP contribution in [0.3, 0.4) is 0 Å². The number of nitrogens with one attached hydrogen (secondary N) is 1. The Balaban J connectivity index is 2.00. The van der Waals surface area contributed by atoms with Crippen molar-refractivity contribution in [2.45, 2.75) is 26.2 Å². The lowest BCUT2D eigenvalue weighted by Crippen LogP contribution is -2.14. The van der Waals surface area contributed by atoms with E-state index in [1.807, 2.05) is 11.4 Å². The van der Waals surface area contributed by atoms with Crippen LogP contribution in [0.1, 0.15) is 36.0 Å². The molecule has 0 saturated carbocycles. The van der Waals surface area contributed by atoms with E-state index in [1.54, 1.807) is 22.8 Å². The Morgan fingerprint density at radius 2 is 2.32 bits per heavy atom. The van der Waals surface area contributed by atoms with Crippen LogP contribution in [0, 0.1) is 11.3 Å². The fourth-order valence-corrected chi connectivity index (χ4v) is 3.09. The van der Waals surface area contributed by atoms with Crippen LogP contribution in [0.2, 0.25) is 0 Å². The summed E-state index contributed by atoms with van der Waals surface area (Å²) in [5, 5.41) is 17.0. The van der Waals surface area contributed by atoms with E-state index in [9.17, 15) is 4.79 Å². The van der Waals surface area contributed by atoms with E-state index in [1.165, 1.54) is 11.3 Å². The SMILES string of the molecule is CC(C)c1nc(CC(=O)Nc2sccc2C#N)cs1. The molecule has 0 radical (unpaired) electrons. The Hall–Kier alpha value is -1.71. The van der Waals surface area contributed by atoms with Crippen LogP contribution < -0.4 is 5.32 Å². The monoisotopic (exact) mass is 291 g/mol. The van der Waals surface area contributed by atoms with Gasteiger partial charge in [0.2, 0.25) is 5.91 Å². The molecule has 0 fully saturated rings. The molecule has 19 heavy (non-hydrogen) atoms. The molecule has 0 atom stereocenters. The van der Waals surface area contributed by atoms with Gasteiger partial charge in [-0.3, -0.25) is 4.79 Å². The second-order valence-corrected chi connectivity index (χ2v) is 6.14. The Bertz CT molecular complexity index is 622. The molecule has 0 aliphatic rings. The molecule has 1 N–H and O–H groups in total. The van der Waals surface area contributed by atoms with Crippen molar-refractivity contribution >= 4 is 33.6 Å². The van der Waals surface area contributed by atoms with E-state index in [0.717, 1.165) is 10.7 Å². The van der Waals surface area contributed by atoms with Gasteiger partial charge in [0.1, 0.15) is 11.1 Å². The first-order valence-electron chi connectivity index (χ1n) is 5.82. The number of hydrogen-bond acceptors (Lipinski definition) is 5. The summed E-state index contributed by atoms with van der Waals surface area (Å²) in [6.45, 7) is 4.15. The highest BCUT2D eigenvalue weighted by Gasteiger charge is 2.12. The molecule has 0 unspecified atom stereocenters. The Morgan fingerprint density at radius 3 is 2.95 bits per heavy atom. The maximum atomic E-state index is 11.9. The van der Waals surface area contributed by atoms with E-state index in [4.69, 9.17) is 5.26 Å². The molecule has 0 aliphatic carbocycles. The third kappa shape index (κ3) is 3.40. The third-order valence-corrected chi connectivity index (χ3v) is 4.47. The molecule has 0 spiro atoms. The Kier molecular flexibility index (Phi) is 4.30. The van der Waals surface area contributed by atoms with Gasteiger partial charge in [-0.25, -0.2) is 4.98 Å². The van der Waals surface area contributed by atoms with Crippen LogP contribution >= 0.6 is 22.7 Å². The number of carbonyl (C=O) groups is 1. The van der Waals surface area contributed by atoms with Crippen LogP contribution in [0.5, 0.6) is 0 Å². The lowest BCUT2D eigenvalue weighted by molar-refractivity contribution is -0.115. The molecule has 98 valence electrons. The van der Waals surface area contributed by atoms with E-state index in [2.05, 4.69) is 24.1 Å². The maximum Gasteiger partial charge on any atom is 0.231 e. The smallest absolute Gasteiger partial charge is 0.231 e. The summed E-state index contributed by atoms with van der Waals surface area (Å²) in [5.41, 5.74) is 1.28. The number of carbonyl (C=O) groups excluding carboxylic acids is 1. The highest BCUT2D eigenvalue weighted by atomic mass is 32.1. The number of thiophene rings is 1. The standard InChI is InChI=1S/C13H13N3OS2/c1-8(2)12-15-10(7-19-12)5-11(17)16-13-9(6-14)3-4-18-13/h3-4,7-8H,5H2,1-2H3,(H,16,17). The lowest BCUT2D eigenvalue weighted by atomic mass is 10.2. The molecule has 0 bridgehead atoms. The van der Waals surface area contributed by atoms with Crippen molar-refractivity contribution in [3.8, 4) is 6.07 Å². The van der Waals surface area contributed by atoms with E-state index in [-0.39, 0.29) is 12.3 Å². The summed E-state index contributed by atoms with van der Waals surface area (Å²) in [5.74, 6) is 0.240. The predicted octanol–water partition coefficient (Wildman–Crippen LogP) is 3.38. The third-order valence-electron chi connectivity index (χ3n) is 2.44. The maximum absolute atomic E-state index is 11.9. The van der Waals surface area contributed by atoms with Gasteiger partial charge >= 0.3 is 0 Å². The first kappa shape index (κ1) is 13.7. The van der Waals surface area contributed by atoms with Crippen molar-refractivity contribution in [1.29, 1.82) is 5.26 Å². The normalized spacial score (nSPS) is 10.4. The molecular formula is C13H13N3OS2. The van der Waals surface area contributed by atoms with Gasteiger partial charge in [-0.15, -0.1) is 22.7 Å². The quantitative estimate of drug-likeness (QED) is 0.939. The molecule has 2 rings (SSSR count). The second-order valence-electron chi connectivity index (χ2n) is 4.33. The van der Waals surface area contributed by atoms with E-state index < -0.39 is 0 Å². The largest absolute Gasteiger partial charge is 0.316 e. The van der Waals surface area contributed by atoms with Crippen LogP contribution in [-0.2, 0) is 11.2 Å². The number of thiazole rings is 1. The van der Waals surface area contributed by atoms with Crippen molar-refractivity contribution < 1.29 is 4.79 Å². The second kappa shape index (κ2) is 5.95. The molecule has 2 aromatic heterocycles. The summed E-state index contributed by atoms with van der Waals surface area (Å²) in [6.07, 6.45) is 0.242. The Labute approximate surface area is 119 Å². The van der Waals surface area contributed by atoms with Crippen LogP contribution in [0.4, 0.5) is 5.00 Å². The van der Waals surface area contributed by atoms with Crippen LogP contribution in [-0.4, -0.2) is 10.9 Å². The molecule has 6 heteroatoms. The molecule has 0 saturated heterocycles. The van der Waals surface area contributed by atoms with Crippen molar-refractivity contribution in [3.63, 3.8) is 0 Å².